The van der Waals surface area contributed by atoms with Gasteiger partial charge in [0.1, 0.15) is 0 Å². The molecule has 4 fully saturated rings. The molecule has 0 radical (unpaired) electrons. The van der Waals surface area contributed by atoms with Crippen molar-refractivity contribution in [3.8, 4) is 0 Å². The number of nitrogens with one attached hydrogen (secondary N) is 1. The highest BCUT2D eigenvalue weighted by Crippen LogP contribution is 2.58. The van der Waals surface area contributed by atoms with Crippen molar-refractivity contribution in [2.75, 3.05) is 7.05 Å². The van der Waals surface area contributed by atoms with Gasteiger partial charge in [0.15, 0.2) is 0 Å². The summed E-state index contributed by atoms with van der Waals surface area (Å²) in [5, 5.41) is 3.73. The zero-order valence-electron chi connectivity index (χ0n) is 12.5. The molecule has 4 bridgehead atoms. The van der Waals surface area contributed by atoms with Crippen LogP contribution in [-0.4, -0.2) is 13.1 Å². The number of hydrogen-bond donors (Lipinski definition) is 1. The highest BCUT2D eigenvalue weighted by Gasteiger charge is 2.50. The van der Waals surface area contributed by atoms with E-state index in [2.05, 4.69) is 26.2 Å². The second-order valence-corrected chi connectivity index (χ2v) is 7.40. The molecule has 0 spiro atoms. The van der Waals surface area contributed by atoms with Crippen LogP contribution in [0.25, 0.3) is 0 Å². The maximum Gasteiger partial charge on any atom is 0.0126 e. The molecule has 0 aromatic carbocycles. The van der Waals surface area contributed by atoms with Crippen LogP contribution in [-0.2, 0) is 0 Å². The first-order valence-electron chi connectivity index (χ1n) is 8.44. The molecule has 4 aliphatic carbocycles. The fraction of sp³-hybridized carbons (Fsp3) is 1.00. The first-order chi connectivity index (χ1) is 8.76. The van der Waals surface area contributed by atoms with E-state index in [4.69, 9.17) is 0 Å². The van der Waals surface area contributed by atoms with Crippen LogP contribution in [0, 0.1) is 35.5 Å². The molecule has 1 heteroatoms. The summed E-state index contributed by atoms with van der Waals surface area (Å²) in [6, 6.07) is 0.801. The minimum Gasteiger partial charge on any atom is -0.316 e. The van der Waals surface area contributed by atoms with E-state index < -0.39 is 0 Å². The van der Waals surface area contributed by atoms with Crippen molar-refractivity contribution >= 4 is 0 Å². The number of hydrogen-bond acceptors (Lipinski definition) is 1. The summed E-state index contributed by atoms with van der Waals surface area (Å²) in [5.74, 6) is 6.27. The molecular weight excluding hydrogens is 218 g/mol. The maximum atomic E-state index is 3.73. The van der Waals surface area contributed by atoms with E-state index in [1.807, 2.05) is 0 Å². The third kappa shape index (κ3) is 2.03. The van der Waals surface area contributed by atoms with Crippen LogP contribution in [0.5, 0.6) is 0 Å². The molecule has 1 N–H and O–H groups in total. The van der Waals surface area contributed by atoms with Gasteiger partial charge in [-0.3, -0.25) is 0 Å². The molecule has 0 aromatic heterocycles. The van der Waals surface area contributed by atoms with Crippen molar-refractivity contribution in [2.45, 2.75) is 64.8 Å². The third-order valence-corrected chi connectivity index (χ3v) is 6.60. The van der Waals surface area contributed by atoms with E-state index in [0.29, 0.717) is 0 Å². The van der Waals surface area contributed by atoms with Crippen LogP contribution in [0.2, 0.25) is 0 Å². The molecule has 1 nitrogen and oxygen atoms in total. The lowest BCUT2D eigenvalue weighted by Gasteiger charge is -2.57. The van der Waals surface area contributed by atoms with E-state index in [1.165, 1.54) is 12.8 Å². The zero-order chi connectivity index (χ0) is 12.7. The summed E-state index contributed by atoms with van der Waals surface area (Å²) >= 11 is 0. The highest BCUT2D eigenvalue weighted by molar-refractivity contribution is 5.02. The Morgan fingerprint density at radius 3 is 1.78 bits per heavy atom. The van der Waals surface area contributed by atoms with Gasteiger partial charge in [-0.2, -0.15) is 0 Å². The molecule has 18 heavy (non-hydrogen) atoms. The van der Waals surface area contributed by atoms with E-state index >= 15 is 0 Å². The lowest BCUT2D eigenvalue weighted by atomic mass is 9.49. The van der Waals surface area contributed by atoms with Crippen LogP contribution in [0.15, 0.2) is 0 Å². The Morgan fingerprint density at radius 1 is 0.889 bits per heavy atom. The van der Waals surface area contributed by atoms with E-state index in [0.717, 1.165) is 41.5 Å². The van der Waals surface area contributed by atoms with Gasteiger partial charge in [0.05, 0.1) is 0 Å². The Balaban J connectivity index is 1.78. The smallest absolute Gasteiger partial charge is 0.0126 e. The first-order valence-corrected chi connectivity index (χ1v) is 8.44. The quantitative estimate of drug-likeness (QED) is 0.774. The van der Waals surface area contributed by atoms with E-state index in [-0.39, 0.29) is 0 Å². The van der Waals surface area contributed by atoms with Gasteiger partial charge in [0, 0.05) is 6.04 Å². The lowest BCUT2D eigenvalue weighted by molar-refractivity contribution is -0.0600. The molecule has 1 atom stereocenters. The monoisotopic (exact) mass is 249 g/mol. The van der Waals surface area contributed by atoms with Gasteiger partial charge in [0.25, 0.3) is 0 Å². The van der Waals surface area contributed by atoms with Crippen molar-refractivity contribution in [3.63, 3.8) is 0 Å². The molecule has 0 amide bonds. The van der Waals surface area contributed by atoms with Crippen LogP contribution in [0.1, 0.15) is 58.8 Å². The average molecular weight is 249 g/mol. The van der Waals surface area contributed by atoms with E-state index in [1.54, 1.807) is 32.1 Å². The van der Waals surface area contributed by atoms with Gasteiger partial charge in [-0.1, -0.05) is 26.7 Å². The Hall–Kier alpha value is -0.0400. The van der Waals surface area contributed by atoms with Gasteiger partial charge < -0.3 is 5.32 Å². The van der Waals surface area contributed by atoms with Crippen LogP contribution >= 0.6 is 0 Å². The summed E-state index contributed by atoms with van der Waals surface area (Å²) in [6.07, 6.45) is 10.5. The molecule has 4 aliphatic rings. The van der Waals surface area contributed by atoms with Crippen molar-refractivity contribution in [2.24, 2.45) is 35.5 Å². The second kappa shape index (κ2) is 5.15. The van der Waals surface area contributed by atoms with Crippen LogP contribution in [0.4, 0.5) is 0 Å². The largest absolute Gasteiger partial charge is 0.316 e. The standard InChI is InChI=1S/C17H31N/c1-4-13(5-2)17(18-3)16-14-7-11-6-12(9-14)10-15(16)8-11/h11-18H,4-10H2,1-3H3. The minimum atomic E-state index is 0.801. The van der Waals surface area contributed by atoms with Gasteiger partial charge >= 0.3 is 0 Å². The number of rotatable bonds is 5. The van der Waals surface area contributed by atoms with Gasteiger partial charge in [0.2, 0.25) is 0 Å². The predicted molar refractivity (Wildman–Crippen MR) is 77.5 cm³/mol. The SMILES string of the molecule is CCC(CC)C(NC)C1C2CC3CC(C2)CC1C3. The zero-order valence-corrected chi connectivity index (χ0v) is 12.5. The summed E-state index contributed by atoms with van der Waals surface area (Å²) in [5.41, 5.74) is 0. The summed E-state index contributed by atoms with van der Waals surface area (Å²) in [6.45, 7) is 4.77. The van der Waals surface area contributed by atoms with Crippen LogP contribution < -0.4 is 5.32 Å². The Kier molecular flexibility index (Phi) is 3.71. The van der Waals surface area contributed by atoms with Crippen molar-refractivity contribution in [1.29, 1.82) is 0 Å². The second-order valence-electron chi connectivity index (χ2n) is 7.40. The average Bonchev–Trinajstić information content (AvgIpc) is 2.36. The van der Waals surface area contributed by atoms with Gasteiger partial charge in [-0.25, -0.2) is 0 Å². The van der Waals surface area contributed by atoms with Crippen molar-refractivity contribution in [3.05, 3.63) is 0 Å². The molecule has 0 heterocycles. The third-order valence-electron chi connectivity index (χ3n) is 6.60. The summed E-state index contributed by atoms with van der Waals surface area (Å²) in [4.78, 5) is 0. The molecular formula is C17H31N. The summed E-state index contributed by atoms with van der Waals surface area (Å²) in [7, 11) is 2.22. The molecule has 0 saturated heterocycles. The molecule has 0 aliphatic heterocycles. The van der Waals surface area contributed by atoms with Gasteiger partial charge in [-0.15, -0.1) is 0 Å². The Labute approximate surface area is 113 Å². The molecule has 4 rings (SSSR count). The first kappa shape index (κ1) is 13.0. The highest BCUT2D eigenvalue weighted by atomic mass is 14.9. The molecule has 1 unspecified atom stereocenters. The fourth-order valence-corrected chi connectivity index (χ4v) is 6.09. The molecule has 104 valence electrons. The molecule has 0 aromatic rings. The minimum absolute atomic E-state index is 0.801. The lowest BCUT2D eigenvalue weighted by Crippen LogP contribution is -2.54. The molecule has 4 saturated carbocycles. The topological polar surface area (TPSA) is 12.0 Å². The Bertz CT molecular complexity index is 253. The van der Waals surface area contributed by atoms with Crippen LogP contribution in [0.3, 0.4) is 0 Å². The van der Waals surface area contributed by atoms with Crippen molar-refractivity contribution < 1.29 is 0 Å². The van der Waals surface area contributed by atoms with E-state index in [9.17, 15) is 0 Å². The predicted octanol–water partition coefficient (Wildman–Crippen LogP) is 4.08. The van der Waals surface area contributed by atoms with Crippen molar-refractivity contribution in [1.82, 2.24) is 5.32 Å². The summed E-state index contributed by atoms with van der Waals surface area (Å²) < 4.78 is 0. The Morgan fingerprint density at radius 2 is 1.39 bits per heavy atom. The van der Waals surface area contributed by atoms with Gasteiger partial charge in [-0.05, 0) is 74.7 Å². The fourth-order valence-electron chi connectivity index (χ4n) is 6.09. The maximum absolute atomic E-state index is 3.73. The normalized spacial score (nSPS) is 43.7.